The van der Waals surface area contributed by atoms with Crippen LogP contribution in [0.25, 0.3) is 0 Å². The molecule has 5 N–H and O–H groups in total. The van der Waals surface area contributed by atoms with Gasteiger partial charge in [-0.2, -0.15) is 5.01 Å². The maximum absolute atomic E-state index is 13.0. The second-order valence-corrected chi connectivity index (χ2v) is 6.31. The largest absolute Gasteiger partial charge is 0.399 e. The molecule has 8 heteroatoms. The van der Waals surface area contributed by atoms with Gasteiger partial charge in [-0.3, -0.25) is 24.6 Å². The van der Waals surface area contributed by atoms with Crippen LogP contribution < -0.4 is 16.9 Å². The van der Waals surface area contributed by atoms with Crippen molar-refractivity contribution >= 4 is 35.4 Å². The molecule has 0 aliphatic carbocycles. The molecule has 0 saturated carbocycles. The number of nitrogens with zero attached hydrogens (tertiary/aromatic N) is 1. The predicted molar refractivity (Wildman–Crippen MR) is 111 cm³/mol. The van der Waals surface area contributed by atoms with Gasteiger partial charge in [-0.25, -0.2) is 0 Å². The van der Waals surface area contributed by atoms with Crippen molar-refractivity contribution in [3.8, 4) is 0 Å². The normalized spacial score (nSPS) is 10.1. The second kappa shape index (κ2) is 8.70. The summed E-state index contributed by atoms with van der Waals surface area (Å²) in [4.78, 5) is 49.6. The third kappa shape index (κ3) is 4.50. The van der Waals surface area contributed by atoms with Crippen molar-refractivity contribution in [1.82, 2.24) is 10.4 Å². The van der Waals surface area contributed by atoms with Crippen molar-refractivity contribution in [1.29, 1.82) is 0 Å². The van der Waals surface area contributed by atoms with Crippen LogP contribution in [0.1, 0.15) is 36.6 Å². The average Bonchev–Trinajstić information content (AvgIpc) is 2.77. The van der Waals surface area contributed by atoms with E-state index in [0.29, 0.717) is 16.4 Å². The fraction of sp³-hybridized carbons (Fsp3) is 0. The van der Waals surface area contributed by atoms with Crippen molar-refractivity contribution in [2.75, 3.05) is 11.5 Å². The molecule has 0 unspecified atom stereocenters. The summed E-state index contributed by atoms with van der Waals surface area (Å²) in [5, 5.41) is 0.591. The van der Waals surface area contributed by atoms with E-state index in [-0.39, 0.29) is 22.3 Å². The minimum Gasteiger partial charge on any atom is -0.399 e. The van der Waals surface area contributed by atoms with Gasteiger partial charge in [-0.1, -0.05) is 12.1 Å². The fourth-order valence-corrected chi connectivity index (χ4v) is 2.59. The molecule has 8 nitrogen and oxygen atoms in total. The zero-order valence-electron chi connectivity index (χ0n) is 15.7. The van der Waals surface area contributed by atoms with E-state index in [2.05, 4.69) is 5.43 Å². The summed E-state index contributed by atoms with van der Waals surface area (Å²) in [6.45, 7) is 0. The van der Waals surface area contributed by atoms with Crippen LogP contribution >= 0.6 is 0 Å². The number of hydrogen-bond donors (Lipinski definition) is 3. The molecule has 30 heavy (non-hydrogen) atoms. The Morgan fingerprint density at radius 1 is 0.733 bits per heavy atom. The Labute approximate surface area is 172 Å². The van der Waals surface area contributed by atoms with Gasteiger partial charge in [0.1, 0.15) is 0 Å². The van der Waals surface area contributed by atoms with Crippen molar-refractivity contribution in [2.45, 2.75) is 0 Å². The summed E-state index contributed by atoms with van der Waals surface area (Å²) in [5.74, 6) is -2.28. The van der Waals surface area contributed by atoms with E-state index in [4.69, 9.17) is 11.5 Å². The number of carbonyl (C=O) groups is 3. The summed E-state index contributed by atoms with van der Waals surface area (Å²) in [7, 11) is 0. The van der Waals surface area contributed by atoms with E-state index in [1.807, 2.05) is 0 Å². The van der Waals surface area contributed by atoms with Crippen LogP contribution in [0.2, 0.25) is 0 Å². The molecule has 0 aromatic heterocycles. The highest BCUT2D eigenvalue weighted by atomic mass is 16.2. The number of carbonyl (C=O) groups excluding carboxylic acids is 4. The Balaban J connectivity index is 1.96. The van der Waals surface area contributed by atoms with Crippen LogP contribution in [-0.2, 0) is 4.79 Å². The summed E-state index contributed by atoms with van der Waals surface area (Å²) in [6, 6.07) is 17.5. The van der Waals surface area contributed by atoms with E-state index >= 15 is 0 Å². The highest BCUT2D eigenvalue weighted by Crippen LogP contribution is 2.13. The zero-order valence-corrected chi connectivity index (χ0v) is 15.7. The number of rotatable bonds is 4. The number of benzene rings is 3. The predicted octanol–water partition coefficient (Wildman–Crippen LogP) is 1.94. The van der Waals surface area contributed by atoms with Gasteiger partial charge in [0.15, 0.2) is 0 Å². The Kier molecular flexibility index (Phi) is 5.88. The Hall–Kier alpha value is -4.46. The minimum absolute atomic E-state index is 0.0252. The van der Waals surface area contributed by atoms with Crippen molar-refractivity contribution in [2.24, 2.45) is 0 Å². The number of nitrogen functional groups attached to an aromatic ring is 2. The number of nitrogens with one attached hydrogen (secondary N) is 1. The molecule has 149 valence electrons. The Bertz CT molecular complexity index is 1110. The van der Waals surface area contributed by atoms with Gasteiger partial charge in [-0.15, -0.1) is 0 Å². The first-order valence-corrected chi connectivity index (χ1v) is 8.78. The number of imide groups is 1. The van der Waals surface area contributed by atoms with Crippen LogP contribution in [-0.4, -0.2) is 29.0 Å². The molecule has 0 heterocycles. The van der Waals surface area contributed by atoms with Crippen molar-refractivity contribution < 1.29 is 19.2 Å². The molecule has 3 rings (SSSR count). The summed E-state index contributed by atoms with van der Waals surface area (Å²) >= 11 is 0. The monoisotopic (exact) mass is 401 g/mol. The topological polar surface area (TPSA) is 136 Å². The first-order valence-electron chi connectivity index (χ1n) is 8.78. The maximum atomic E-state index is 13.0. The number of hydrogen-bond acceptors (Lipinski definition) is 6. The van der Waals surface area contributed by atoms with Gasteiger partial charge in [-0.05, 0) is 60.7 Å². The van der Waals surface area contributed by atoms with Gasteiger partial charge in [0.25, 0.3) is 17.7 Å². The lowest BCUT2D eigenvalue weighted by Gasteiger charge is -2.22. The molecular formula is C22H17N4O4. The minimum atomic E-state index is -0.822. The van der Waals surface area contributed by atoms with Crippen LogP contribution in [0.5, 0.6) is 0 Å². The molecule has 3 amide bonds. The highest BCUT2D eigenvalue weighted by Gasteiger charge is 2.27. The quantitative estimate of drug-likeness (QED) is 0.347. The van der Waals surface area contributed by atoms with Crippen molar-refractivity contribution in [3.63, 3.8) is 0 Å². The van der Waals surface area contributed by atoms with Crippen molar-refractivity contribution in [3.05, 3.63) is 95.1 Å². The number of nitrogens with two attached hydrogens (primary N) is 2. The molecule has 3 aromatic carbocycles. The molecule has 0 aliphatic heterocycles. The lowest BCUT2D eigenvalue weighted by atomic mass is 10.1. The standard InChI is InChI=1S/C22H17N4O4/c23-18-8-4-15(5-9-18)20(28)25-26(21(29)16-6-10-19(24)11-7-16)22(30)17-3-1-2-14(12-17)13-27/h1-12H,23-24H2,(H,25,28). The van der Waals surface area contributed by atoms with E-state index in [0.717, 1.165) is 0 Å². The molecule has 0 bridgehead atoms. The molecule has 0 spiro atoms. The first-order chi connectivity index (χ1) is 14.4. The van der Waals surface area contributed by atoms with Crippen LogP contribution in [0.15, 0.2) is 72.8 Å². The summed E-state index contributed by atoms with van der Waals surface area (Å²) in [6.07, 6.45) is 1.68. The number of hydrazine groups is 1. The van der Waals surface area contributed by atoms with Gasteiger partial charge >= 0.3 is 0 Å². The first kappa shape index (κ1) is 20.3. The summed E-state index contributed by atoms with van der Waals surface area (Å²) < 4.78 is 0. The third-order valence-electron chi connectivity index (χ3n) is 4.18. The van der Waals surface area contributed by atoms with Gasteiger partial charge in [0.05, 0.1) is 0 Å². The van der Waals surface area contributed by atoms with E-state index in [9.17, 15) is 19.2 Å². The van der Waals surface area contributed by atoms with Gasteiger partial charge in [0, 0.05) is 33.6 Å². The average molecular weight is 401 g/mol. The summed E-state index contributed by atoms with van der Waals surface area (Å²) in [5.41, 5.74) is 15.0. The third-order valence-corrected chi connectivity index (χ3v) is 4.18. The lowest BCUT2D eigenvalue weighted by Crippen LogP contribution is -2.50. The van der Waals surface area contributed by atoms with Gasteiger partial charge < -0.3 is 11.5 Å². The SMILES string of the molecule is Nc1ccc(C(=O)NN(C(=O)c2ccc(N)cc2)C(=O)c2cccc([C]=O)c2)cc1. The second-order valence-electron chi connectivity index (χ2n) is 6.31. The molecule has 1 radical (unpaired) electrons. The Morgan fingerprint density at radius 3 is 1.83 bits per heavy atom. The molecular weight excluding hydrogens is 384 g/mol. The lowest BCUT2D eigenvalue weighted by molar-refractivity contribution is 0.0484. The molecule has 0 atom stereocenters. The van der Waals surface area contributed by atoms with E-state index in [1.54, 1.807) is 6.29 Å². The number of anilines is 2. The fourth-order valence-electron chi connectivity index (χ4n) is 2.59. The van der Waals surface area contributed by atoms with Gasteiger partial charge in [0.2, 0.25) is 6.29 Å². The number of amides is 3. The Morgan fingerprint density at radius 2 is 1.27 bits per heavy atom. The van der Waals surface area contributed by atoms with Crippen LogP contribution in [0, 0.1) is 0 Å². The zero-order chi connectivity index (χ0) is 21.7. The molecule has 3 aromatic rings. The molecule has 0 saturated heterocycles. The van der Waals surface area contributed by atoms with E-state index < -0.39 is 17.7 Å². The smallest absolute Gasteiger partial charge is 0.279 e. The van der Waals surface area contributed by atoms with Crippen LogP contribution in [0.4, 0.5) is 11.4 Å². The van der Waals surface area contributed by atoms with Crippen LogP contribution in [0.3, 0.4) is 0 Å². The molecule has 0 aliphatic rings. The molecule has 0 fully saturated rings. The maximum Gasteiger partial charge on any atom is 0.279 e. The highest BCUT2D eigenvalue weighted by molar-refractivity contribution is 6.12. The van der Waals surface area contributed by atoms with E-state index in [1.165, 1.54) is 72.8 Å².